The predicted molar refractivity (Wildman–Crippen MR) is 91.8 cm³/mol. The molecule has 0 saturated heterocycles. The van der Waals surface area contributed by atoms with E-state index in [1.807, 2.05) is 6.92 Å². The summed E-state index contributed by atoms with van der Waals surface area (Å²) in [6.07, 6.45) is 2.83. The fourth-order valence-electron chi connectivity index (χ4n) is 2.39. The van der Waals surface area contributed by atoms with E-state index >= 15 is 0 Å². The summed E-state index contributed by atoms with van der Waals surface area (Å²) >= 11 is 0. The smallest absolute Gasteiger partial charge is 0.326 e. The summed E-state index contributed by atoms with van der Waals surface area (Å²) in [5.41, 5.74) is 1.06. The van der Waals surface area contributed by atoms with E-state index in [0.717, 1.165) is 5.56 Å². The second-order valence-corrected chi connectivity index (χ2v) is 5.54. The number of allylic oxidation sites excluding steroid dienone is 1. The highest BCUT2D eigenvalue weighted by Crippen LogP contribution is 2.33. The third kappa shape index (κ3) is 4.50. The molecular weight excluding hydrogens is 310 g/mol. The van der Waals surface area contributed by atoms with E-state index in [9.17, 15) is 14.7 Å². The normalized spacial score (nSPS) is 12.8. The minimum absolute atomic E-state index is 0.181. The zero-order chi connectivity index (χ0) is 18.3. The lowest BCUT2D eigenvalue weighted by atomic mass is 9.98. The molecule has 0 heterocycles. The highest BCUT2D eigenvalue weighted by atomic mass is 16.5. The highest BCUT2D eigenvalue weighted by Gasteiger charge is 2.26. The fourth-order valence-corrected chi connectivity index (χ4v) is 2.39. The van der Waals surface area contributed by atoms with Crippen LogP contribution < -0.4 is 14.8 Å². The first-order valence-corrected chi connectivity index (χ1v) is 7.78. The SMILES string of the molecule is C=CCc1cc(C(=O)N[C@H](C(=O)O)[C@@H](C)CC)cc(OC)c1OC. The van der Waals surface area contributed by atoms with E-state index < -0.39 is 17.9 Å². The lowest BCUT2D eigenvalue weighted by molar-refractivity contribution is -0.140. The molecule has 0 spiro atoms. The minimum Gasteiger partial charge on any atom is -0.493 e. The molecule has 0 fully saturated rings. The number of amides is 1. The van der Waals surface area contributed by atoms with Gasteiger partial charge in [-0.05, 0) is 24.5 Å². The zero-order valence-electron chi connectivity index (χ0n) is 14.6. The Morgan fingerprint density at radius 2 is 2.00 bits per heavy atom. The van der Waals surface area contributed by atoms with Gasteiger partial charge in [0.05, 0.1) is 14.2 Å². The molecule has 0 aromatic heterocycles. The van der Waals surface area contributed by atoms with E-state index in [2.05, 4.69) is 11.9 Å². The number of benzene rings is 1. The van der Waals surface area contributed by atoms with Gasteiger partial charge in [0.1, 0.15) is 6.04 Å². The van der Waals surface area contributed by atoms with E-state index in [0.29, 0.717) is 29.9 Å². The van der Waals surface area contributed by atoms with Gasteiger partial charge >= 0.3 is 5.97 Å². The van der Waals surface area contributed by atoms with E-state index in [1.165, 1.54) is 20.3 Å². The molecule has 0 bridgehead atoms. The maximum absolute atomic E-state index is 12.5. The number of hydrogen-bond acceptors (Lipinski definition) is 4. The quantitative estimate of drug-likeness (QED) is 0.678. The van der Waals surface area contributed by atoms with Crippen molar-refractivity contribution in [3.8, 4) is 11.5 Å². The van der Waals surface area contributed by atoms with Crippen molar-refractivity contribution in [2.45, 2.75) is 32.7 Å². The first kappa shape index (κ1) is 19.5. The molecule has 2 atom stereocenters. The van der Waals surface area contributed by atoms with Crippen LogP contribution in [0.25, 0.3) is 0 Å². The summed E-state index contributed by atoms with van der Waals surface area (Å²) < 4.78 is 10.6. The second kappa shape index (κ2) is 8.96. The van der Waals surface area contributed by atoms with Crippen molar-refractivity contribution in [2.24, 2.45) is 5.92 Å². The summed E-state index contributed by atoms with van der Waals surface area (Å²) in [4.78, 5) is 23.9. The van der Waals surface area contributed by atoms with Crippen molar-refractivity contribution >= 4 is 11.9 Å². The number of carboxylic acid groups (broad SMARTS) is 1. The molecule has 0 aliphatic carbocycles. The number of methoxy groups -OCH3 is 2. The molecule has 24 heavy (non-hydrogen) atoms. The Morgan fingerprint density at radius 1 is 1.33 bits per heavy atom. The van der Waals surface area contributed by atoms with Crippen molar-refractivity contribution in [1.29, 1.82) is 0 Å². The van der Waals surface area contributed by atoms with Crippen molar-refractivity contribution in [1.82, 2.24) is 5.32 Å². The maximum Gasteiger partial charge on any atom is 0.326 e. The van der Waals surface area contributed by atoms with Gasteiger partial charge in [-0.3, -0.25) is 4.79 Å². The Hall–Kier alpha value is -2.50. The molecule has 2 N–H and O–H groups in total. The molecule has 0 aliphatic rings. The molecule has 1 aromatic carbocycles. The van der Waals surface area contributed by atoms with Gasteiger partial charge < -0.3 is 19.9 Å². The summed E-state index contributed by atoms with van der Waals surface area (Å²) in [7, 11) is 3.00. The molecule has 0 aliphatic heterocycles. The van der Waals surface area contributed by atoms with Crippen LogP contribution in [0.2, 0.25) is 0 Å². The molecule has 1 rings (SSSR count). The van der Waals surface area contributed by atoms with Gasteiger partial charge in [0.2, 0.25) is 0 Å². The van der Waals surface area contributed by atoms with Crippen LogP contribution >= 0.6 is 0 Å². The molecule has 1 aromatic rings. The summed E-state index contributed by atoms with van der Waals surface area (Å²) in [5.74, 6) is -0.749. The molecule has 1 amide bonds. The van der Waals surface area contributed by atoms with Crippen molar-refractivity contribution < 1.29 is 24.2 Å². The second-order valence-electron chi connectivity index (χ2n) is 5.54. The van der Waals surface area contributed by atoms with Crippen LogP contribution in [-0.4, -0.2) is 37.2 Å². The number of nitrogens with one attached hydrogen (secondary N) is 1. The number of ether oxygens (including phenoxy) is 2. The van der Waals surface area contributed by atoms with Gasteiger partial charge in [-0.2, -0.15) is 0 Å². The van der Waals surface area contributed by atoms with Gasteiger partial charge in [0.15, 0.2) is 11.5 Å². The topological polar surface area (TPSA) is 84.9 Å². The van der Waals surface area contributed by atoms with Crippen molar-refractivity contribution in [3.63, 3.8) is 0 Å². The van der Waals surface area contributed by atoms with Gasteiger partial charge in [-0.1, -0.05) is 26.3 Å². The standard InChI is InChI=1S/C18H25NO5/c1-6-8-12-9-13(10-14(23-4)16(12)24-5)17(20)19-15(18(21)22)11(3)7-2/h6,9-11,15H,1,7-8H2,2-5H3,(H,19,20)(H,21,22)/t11-,15-/m0/s1. The van der Waals surface area contributed by atoms with E-state index in [1.54, 1.807) is 19.1 Å². The number of aliphatic carboxylic acids is 1. The zero-order valence-corrected chi connectivity index (χ0v) is 14.6. The first-order chi connectivity index (χ1) is 11.4. The van der Waals surface area contributed by atoms with E-state index in [4.69, 9.17) is 9.47 Å². The Labute approximate surface area is 142 Å². The molecular formula is C18H25NO5. The van der Waals surface area contributed by atoms with Crippen molar-refractivity contribution in [2.75, 3.05) is 14.2 Å². The van der Waals surface area contributed by atoms with Crippen LogP contribution in [0, 0.1) is 5.92 Å². The maximum atomic E-state index is 12.5. The average molecular weight is 335 g/mol. The molecule has 6 nitrogen and oxygen atoms in total. The lowest BCUT2D eigenvalue weighted by Crippen LogP contribution is -2.45. The summed E-state index contributed by atoms with van der Waals surface area (Å²) in [5, 5.41) is 11.9. The number of carboxylic acids is 1. The number of carbonyl (C=O) groups is 2. The molecule has 132 valence electrons. The third-order valence-corrected chi connectivity index (χ3v) is 3.95. The number of carbonyl (C=O) groups excluding carboxylic acids is 1. The van der Waals surface area contributed by atoms with Crippen LogP contribution in [-0.2, 0) is 11.2 Å². The molecule has 6 heteroatoms. The fraction of sp³-hybridized carbons (Fsp3) is 0.444. The Bertz CT molecular complexity index is 612. The lowest BCUT2D eigenvalue weighted by Gasteiger charge is -2.21. The Kier molecular flexibility index (Phi) is 7.30. The summed E-state index contributed by atoms with van der Waals surface area (Å²) in [6.45, 7) is 7.36. The molecule has 0 unspecified atom stereocenters. The Morgan fingerprint density at radius 3 is 2.46 bits per heavy atom. The van der Waals surface area contributed by atoms with Crippen LogP contribution in [0.1, 0.15) is 36.2 Å². The number of hydrogen-bond donors (Lipinski definition) is 2. The van der Waals surface area contributed by atoms with Crippen LogP contribution in [0.4, 0.5) is 0 Å². The monoisotopic (exact) mass is 335 g/mol. The number of rotatable bonds is 9. The third-order valence-electron chi connectivity index (χ3n) is 3.95. The van der Waals surface area contributed by atoms with Gasteiger partial charge in [0.25, 0.3) is 5.91 Å². The van der Waals surface area contributed by atoms with Crippen molar-refractivity contribution in [3.05, 3.63) is 35.9 Å². The summed E-state index contributed by atoms with van der Waals surface area (Å²) in [6, 6.07) is 2.25. The van der Waals surface area contributed by atoms with Crippen LogP contribution in [0.3, 0.4) is 0 Å². The van der Waals surface area contributed by atoms with Gasteiger partial charge in [-0.15, -0.1) is 6.58 Å². The first-order valence-electron chi connectivity index (χ1n) is 7.78. The van der Waals surface area contributed by atoms with Crippen LogP contribution in [0.15, 0.2) is 24.8 Å². The van der Waals surface area contributed by atoms with Gasteiger partial charge in [-0.25, -0.2) is 4.79 Å². The van der Waals surface area contributed by atoms with Gasteiger partial charge in [0, 0.05) is 11.1 Å². The Balaban J connectivity index is 3.20. The largest absolute Gasteiger partial charge is 0.493 e. The predicted octanol–water partition coefficient (Wildman–Crippen LogP) is 2.66. The molecule has 0 saturated carbocycles. The average Bonchev–Trinajstić information content (AvgIpc) is 2.57. The van der Waals surface area contributed by atoms with Crippen LogP contribution in [0.5, 0.6) is 11.5 Å². The van der Waals surface area contributed by atoms with E-state index in [-0.39, 0.29) is 5.92 Å². The molecule has 0 radical (unpaired) electrons. The highest BCUT2D eigenvalue weighted by molar-refractivity contribution is 5.97. The minimum atomic E-state index is -1.05.